The van der Waals surface area contributed by atoms with Gasteiger partial charge < -0.3 is 5.32 Å². The van der Waals surface area contributed by atoms with E-state index in [0.717, 1.165) is 29.7 Å². The lowest BCUT2D eigenvalue weighted by molar-refractivity contribution is 0.243. The van der Waals surface area contributed by atoms with Gasteiger partial charge in [0.25, 0.3) is 0 Å². The van der Waals surface area contributed by atoms with Gasteiger partial charge in [0.1, 0.15) is 0 Å². The minimum Gasteiger partial charge on any atom is -0.382 e. The summed E-state index contributed by atoms with van der Waals surface area (Å²) < 4.78 is 1.34. The maximum Gasteiger partial charge on any atom is 0.0372 e. The summed E-state index contributed by atoms with van der Waals surface area (Å²) in [6.45, 7) is 2.23. The number of fused-ring (bicyclic) bond motifs is 5. The summed E-state index contributed by atoms with van der Waals surface area (Å²) in [7, 11) is 0. The third kappa shape index (κ3) is 2.01. The van der Waals surface area contributed by atoms with Crippen LogP contribution < -0.4 is 5.32 Å². The highest BCUT2D eigenvalue weighted by atomic mass is 127. The van der Waals surface area contributed by atoms with Crippen molar-refractivity contribution < 1.29 is 0 Å². The molecule has 1 N–H and O–H groups in total. The minimum atomic E-state index is 0.753. The van der Waals surface area contributed by atoms with E-state index < -0.39 is 0 Å². The van der Waals surface area contributed by atoms with Crippen LogP contribution in [0.4, 0.5) is 5.69 Å². The third-order valence-corrected chi connectivity index (χ3v) is 6.63. The van der Waals surface area contributed by atoms with Gasteiger partial charge in [-0.3, -0.25) is 0 Å². The van der Waals surface area contributed by atoms with Gasteiger partial charge in [0.2, 0.25) is 0 Å². The molecule has 3 aliphatic rings. The molecule has 0 aliphatic heterocycles. The minimum absolute atomic E-state index is 0.753. The topological polar surface area (TPSA) is 12.0 Å². The Morgan fingerprint density at radius 1 is 1.11 bits per heavy atom. The van der Waals surface area contributed by atoms with Crippen molar-refractivity contribution in [2.75, 3.05) is 5.32 Å². The molecule has 102 valence electrons. The molecule has 3 fully saturated rings. The van der Waals surface area contributed by atoms with E-state index in [2.05, 4.69) is 53.0 Å². The Kier molecular flexibility index (Phi) is 3.05. The standard InChI is InChI=1S/C17H22IN/c1-10-7-12(18)5-6-16(10)19-17-9-11-8-15(17)14-4-2-3-13(11)14/h5-7,11,13-15,17,19H,2-4,8-9H2,1H3. The molecule has 1 nitrogen and oxygen atoms in total. The smallest absolute Gasteiger partial charge is 0.0372 e. The molecule has 0 saturated heterocycles. The molecule has 0 amide bonds. The maximum absolute atomic E-state index is 3.88. The number of benzene rings is 1. The Labute approximate surface area is 129 Å². The molecule has 1 aromatic rings. The molecular formula is C17H22IN. The molecule has 5 unspecified atom stereocenters. The van der Waals surface area contributed by atoms with Crippen molar-refractivity contribution in [3.63, 3.8) is 0 Å². The Balaban J connectivity index is 1.52. The average molecular weight is 367 g/mol. The summed E-state index contributed by atoms with van der Waals surface area (Å²) in [5.41, 5.74) is 2.77. The molecule has 19 heavy (non-hydrogen) atoms. The lowest BCUT2D eigenvalue weighted by atomic mass is 9.79. The van der Waals surface area contributed by atoms with Crippen LogP contribution >= 0.6 is 22.6 Å². The van der Waals surface area contributed by atoms with Crippen molar-refractivity contribution in [2.24, 2.45) is 23.7 Å². The van der Waals surface area contributed by atoms with E-state index in [4.69, 9.17) is 0 Å². The highest BCUT2D eigenvalue weighted by Gasteiger charge is 2.53. The van der Waals surface area contributed by atoms with Crippen LogP contribution in [0.2, 0.25) is 0 Å². The van der Waals surface area contributed by atoms with Crippen LogP contribution in [0.3, 0.4) is 0 Å². The van der Waals surface area contributed by atoms with Crippen molar-refractivity contribution in [3.8, 4) is 0 Å². The Morgan fingerprint density at radius 3 is 2.79 bits per heavy atom. The molecule has 0 radical (unpaired) electrons. The van der Waals surface area contributed by atoms with Crippen molar-refractivity contribution >= 4 is 28.3 Å². The molecule has 2 heteroatoms. The SMILES string of the molecule is Cc1cc(I)ccc1NC1CC2CC1C1CCCC21. The quantitative estimate of drug-likeness (QED) is 0.738. The number of hydrogen-bond acceptors (Lipinski definition) is 1. The van der Waals surface area contributed by atoms with Crippen LogP contribution in [0.5, 0.6) is 0 Å². The maximum atomic E-state index is 3.88. The summed E-state index contributed by atoms with van der Waals surface area (Å²) in [6.07, 6.45) is 7.47. The van der Waals surface area contributed by atoms with Crippen molar-refractivity contribution in [2.45, 2.75) is 45.1 Å². The van der Waals surface area contributed by atoms with Gasteiger partial charge in [0.15, 0.2) is 0 Å². The number of anilines is 1. The molecule has 0 heterocycles. The van der Waals surface area contributed by atoms with Crippen LogP contribution in [0.25, 0.3) is 0 Å². The zero-order valence-corrected chi connectivity index (χ0v) is 13.7. The number of hydrogen-bond donors (Lipinski definition) is 1. The summed E-state index contributed by atoms with van der Waals surface area (Å²) in [6, 6.07) is 7.54. The molecule has 0 spiro atoms. The van der Waals surface area contributed by atoms with Gasteiger partial charge in [0, 0.05) is 15.3 Å². The summed E-state index contributed by atoms with van der Waals surface area (Å²) in [5, 5.41) is 3.88. The fourth-order valence-corrected chi connectivity index (χ4v) is 5.87. The largest absolute Gasteiger partial charge is 0.382 e. The van der Waals surface area contributed by atoms with Crippen LogP contribution in [0, 0.1) is 34.2 Å². The second-order valence-corrected chi connectivity index (χ2v) is 8.11. The Hall–Kier alpha value is -0.250. The number of halogens is 1. The van der Waals surface area contributed by atoms with Gasteiger partial charge in [0.05, 0.1) is 0 Å². The molecule has 0 aromatic heterocycles. The van der Waals surface area contributed by atoms with Gasteiger partial charge in [-0.25, -0.2) is 0 Å². The Bertz CT molecular complexity index is 498. The average Bonchev–Trinajstić information content (AvgIpc) is 3.04. The van der Waals surface area contributed by atoms with Crippen molar-refractivity contribution in [1.82, 2.24) is 0 Å². The molecule has 3 aliphatic carbocycles. The van der Waals surface area contributed by atoms with Crippen LogP contribution in [0.1, 0.15) is 37.7 Å². The first-order valence-electron chi connectivity index (χ1n) is 7.75. The second kappa shape index (κ2) is 4.64. The molecule has 1 aromatic carbocycles. The van der Waals surface area contributed by atoms with Crippen LogP contribution in [-0.2, 0) is 0 Å². The van der Waals surface area contributed by atoms with Crippen LogP contribution in [-0.4, -0.2) is 6.04 Å². The van der Waals surface area contributed by atoms with E-state index in [9.17, 15) is 0 Å². The van der Waals surface area contributed by atoms with Crippen molar-refractivity contribution in [3.05, 3.63) is 27.3 Å². The van der Waals surface area contributed by atoms with E-state index in [1.54, 1.807) is 0 Å². The monoisotopic (exact) mass is 367 g/mol. The normalized spacial score (nSPS) is 39.6. The first kappa shape index (κ1) is 12.5. The van der Waals surface area contributed by atoms with Gasteiger partial charge >= 0.3 is 0 Å². The second-order valence-electron chi connectivity index (χ2n) is 6.86. The fourth-order valence-electron chi connectivity index (χ4n) is 5.22. The zero-order chi connectivity index (χ0) is 13.0. The number of nitrogens with one attached hydrogen (secondary N) is 1. The van der Waals surface area contributed by atoms with Gasteiger partial charge in [-0.1, -0.05) is 6.42 Å². The first-order valence-corrected chi connectivity index (χ1v) is 8.83. The van der Waals surface area contributed by atoms with E-state index in [0.29, 0.717) is 0 Å². The molecule has 2 bridgehead atoms. The molecule has 5 atom stereocenters. The molecular weight excluding hydrogens is 345 g/mol. The third-order valence-electron chi connectivity index (χ3n) is 5.96. The van der Waals surface area contributed by atoms with Gasteiger partial charge in [-0.2, -0.15) is 0 Å². The fraction of sp³-hybridized carbons (Fsp3) is 0.647. The predicted molar refractivity (Wildman–Crippen MR) is 88.4 cm³/mol. The highest BCUT2D eigenvalue weighted by molar-refractivity contribution is 14.1. The van der Waals surface area contributed by atoms with Gasteiger partial charge in [-0.15, -0.1) is 0 Å². The number of rotatable bonds is 2. The van der Waals surface area contributed by atoms with E-state index in [1.807, 2.05) is 0 Å². The van der Waals surface area contributed by atoms with E-state index in [1.165, 1.54) is 46.9 Å². The van der Waals surface area contributed by atoms with E-state index >= 15 is 0 Å². The summed E-state index contributed by atoms with van der Waals surface area (Å²) in [4.78, 5) is 0. The number of aryl methyl sites for hydroxylation is 1. The highest BCUT2D eigenvalue weighted by Crippen LogP contribution is 2.59. The van der Waals surface area contributed by atoms with Crippen LogP contribution in [0.15, 0.2) is 18.2 Å². The van der Waals surface area contributed by atoms with Crippen molar-refractivity contribution in [1.29, 1.82) is 0 Å². The predicted octanol–water partition coefficient (Wildman–Crippen LogP) is 4.84. The van der Waals surface area contributed by atoms with E-state index in [-0.39, 0.29) is 0 Å². The summed E-state index contributed by atoms with van der Waals surface area (Å²) in [5.74, 6) is 4.16. The summed E-state index contributed by atoms with van der Waals surface area (Å²) >= 11 is 2.40. The Morgan fingerprint density at radius 2 is 1.95 bits per heavy atom. The first-order chi connectivity index (χ1) is 9.22. The lowest BCUT2D eigenvalue weighted by Gasteiger charge is -2.33. The van der Waals surface area contributed by atoms with Gasteiger partial charge in [-0.05, 0) is 103 Å². The zero-order valence-electron chi connectivity index (χ0n) is 11.5. The lowest BCUT2D eigenvalue weighted by Crippen LogP contribution is -2.34. The molecule has 4 rings (SSSR count). The molecule has 3 saturated carbocycles.